The van der Waals surface area contributed by atoms with E-state index in [4.69, 9.17) is 11.6 Å². The summed E-state index contributed by atoms with van der Waals surface area (Å²) in [5.74, 6) is 0.772. The zero-order chi connectivity index (χ0) is 10.5. The SMILES string of the molecule is ClC1CCCC(CNCc2cncs2)C1. The minimum absolute atomic E-state index is 0.411. The molecule has 2 atom stereocenters. The standard InChI is InChI=1S/C11H17ClN2S/c12-10-3-1-2-9(4-10)5-13-6-11-7-14-8-15-11/h7-10,13H,1-6H2. The number of halogens is 1. The zero-order valence-electron chi connectivity index (χ0n) is 8.79. The topological polar surface area (TPSA) is 24.9 Å². The van der Waals surface area contributed by atoms with Crippen molar-refractivity contribution in [3.8, 4) is 0 Å². The monoisotopic (exact) mass is 244 g/mol. The first-order valence-electron chi connectivity index (χ1n) is 5.57. The Morgan fingerprint density at radius 2 is 2.47 bits per heavy atom. The van der Waals surface area contributed by atoms with Crippen LogP contribution in [-0.2, 0) is 6.54 Å². The summed E-state index contributed by atoms with van der Waals surface area (Å²) in [5.41, 5.74) is 1.88. The van der Waals surface area contributed by atoms with Gasteiger partial charge in [0, 0.05) is 23.0 Å². The number of thiazole rings is 1. The molecule has 0 saturated heterocycles. The molecule has 4 heteroatoms. The Labute approximate surface area is 100 Å². The lowest BCUT2D eigenvalue weighted by atomic mass is 9.89. The Bertz CT molecular complexity index is 276. The third-order valence-corrected chi connectivity index (χ3v) is 4.11. The molecule has 1 N–H and O–H groups in total. The molecule has 0 aliphatic heterocycles. The van der Waals surface area contributed by atoms with Gasteiger partial charge in [0.15, 0.2) is 0 Å². The fraction of sp³-hybridized carbons (Fsp3) is 0.727. The third-order valence-electron chi connectivity index (χ3n) is 2.93. The number of hydrogen-bond acceptors (Lipinski definition) is 3. The quantitative estimate of drug-likeness (QED) is 0.824. The van der Waals surface area contributed by atoms with Gasteiger partial charge in [0.05, 0.1) is 5.51 Å². The lowest BCUT2D eigenvalue weighted by molar-refractivity contribution is 0.346. The molecule has 0 aromatic carbocycles. The van der Waals surface area contributed by atoms with E-state index >= 15 is 0 Å². The van der Waals surface area contributed by atoms with Crippen molar-refractivity contribution in [3.05, 3.63) is 16.6 Å². The van der Waals surface area contributed by atoms with Gasteiger partial charge in [0.2, 0.25) is 0 Å². The third kappa shape index (κ3) is 3.74. The van der Waals surface area contributed by atoms with Crippen molar-refractivity contribution in [2.45, 2.75) is 37.6 Å². The summed E-state index contributed by atoms with van der Waals surface area (Å²) in [6.07, 6.45) is 6.94. The summed E-state index contributed by atoms with van der Waals surface area (Å²) >= 11 is 7.86. The first kappa shape index (κ1) is 11.4. The highest BCUT2D eigenvalue weighted by atomic mass is 35.5. The van der Waals surface area contributed by atoms with Crippen LogP contribution >= 0.6 is 22.9 Å². The van der Waals surface area contributed by atoms with Crippen LogP contribution in [-0.4, -0.2) is 16.9 Å². The van der Waals surface area contributed by atoms with Crippen molar-refractivity contribution in [1.82, 2.24) is 10.3 Å². The van der Waals surface area contributed by atoms with Crippen LogP contribution in [0.25, 0.3) is 0 Å². The molecule has 1 aromatic rings. The summed E-state index contributed by atoms with van der Waals surface area (Å²) in [6.45, 7) is 2.05. The van der Waals surface area contributed by atoms with Crippen LogP contribution in [0.15, 0.2) is 11.7 Å². The average Bonchev–Trinajstić information content (AvgIpc) is 2.71. The van der Waals surface area contributed by atoms with Gasteiger partial charge in [-0.3, -0.25) is 4.98 Å². The molecule has 1 aliphatic rings. The Kier molecular flexibility index (Phi) is 4.42. The molecule has 1 saturated carbocycles. The van der Waals surface area contributed by atoms with E-state index in [2.05, 4.69) is 10.3 Å². The smallest absolute Gasteiger partial charge is 0.0794 e. The predicted octanol–water partition coefficient (Wildman–Crippen LogP) is 3.03. The summed E-state index contributed by atoms with van der Waals surface area (Å²) in [7, 11) is 0. The second-order valence-electron chi connectivity index (χ2n) is 4.23. The number of rotatable bonds is 4. The summed E-state index contributed by atoms with van der Waals surface area (Å²) < 4.78 is 0. The normalized spacial score (nSPS) is 26.7. The summed E-state index contributed by atoms with van der Waals surface area (Å²) in [6, 6.07) is 0. The van der Waals surface area contributed by atoms with E-state index in [1.807, 2.05) is 11.7 Å². The van der Waals surface area contributed by atoms with Gasteiger partial charge in [-0.25, -0.2) is 0 Å². The minimum Gasteiger partial charge on any atom is -0.312 e. The highest BCUT2D eigenvalue weighted by molar-refractivity contribution is 7.09. The summed E-state index contributed by atoms with van der Waals surface area (Å²) in [4.78, 5) is 5.37. The molecule has 1 aliphatic carbocycles. The lowest BCUT2D eigenvalue weighted by Gasteiger charge is -2.25. The molecule has 2 nitrogen and oxygen atoms in total. The number of aromatic nitrogens is 1. The Morgan fingerprint density at radius 1 is 1.53 bits per heavy atom. The molecule has 0 radical (unpaired) electrons. The van der Waals surface area contributed by atoms with Crippen LogP contribution < -0.4 is 5.32 Å². The molecule has 1 heterocycles. The number of alkyl halides is 1. The van der Waals surface area contributed by atoms with E-state index < -0.39 is 0 Å². The van der Waals surface area contributed by atoms with Crippen molar-refractivity contribution < 1.29 is 0 Å². The average molecular weight is 245 g/mol. The largest absolute Gasteiger partial charge is 0.312 e. The molecule has 84 valence electrons. The molecule has 0 amide bonds. The number of nitrogens with zero attached hydrogens (tertiary/aromatic N) is 1. The van der Waals surface area contributed by atoms with Crippen molar-refractivity contribution in [1.29, 1.82) is 0 Å². The molecule has 0 spiro atoms. The van der Waals surface area contributed by atoms with Gasteiger partial charge in [0.1, 0.15) is 0 Å². The highest BCUT2D eigenvalue weighted by Crippen LogP contribution is 2.27. The molecule has 1 aromatic heterocycles. The molecule has 2 rings (SSSR count). The number of hydrogen-bond donors (Lipinski definition) is 1. The fourth-order valence-electron chi connectivity index (χ4n) is 2.14. The molecule has 0 bridgehead atoms. The van der Waals surface area contributed by atoms with E-state index in [-0.39, 0.29) is 0 Å². The molecule has 2 unspecified atom stereocenters. The van der Waals surface area contributed by atoms with E-state index in [9.17, 15) is 0 Å². The Balaban J connectivity index is 1.65. The van der Waals surface area contributed by atoms with Gasteiger partial charge < -0.3 is 5.32 Å². The Morgan fingerprint density at radius 3 is 3.20 bits per heavy atom. The molecular formula is C11H17ClN2S. The lowest BCUT2D eigenvalue weighted by Crippen LogP contribution is -2.27. The molecule has 1 fully saturated rings. The van der Waals surface area contributed by atoms with Crippen molar-refractivity contribution in [2.24, 2.45) is 5.92 Å². The van der Waals surface area contributed by atoms with Gasteiger partial charge in [-0.2, -0.15) is 0 Å². The van der Waals surface area contributed by atoms with Gasteiger partial charge in [0.25, 0.3) is 0 Å². The van der Waals surface area contributed by atoms with E-state index in [1.165, 1.54) is 30.6 Å². The van der Waals surface area contributed by atoms with Gasteiger partial charge in [-0.1, -0.05) is 6.42 Å². The fourth-order valence-corrected chi connectivity index (χ4v) is 3.11. The molecule has 15 heavy (non-hydrogen) atoms. The maximum absolute atomic E-state index is 6.15. The predicted molar refractivity (Wildman–Crippen MR) is 65.4 cm³/mol. The van der Waals surface area contributed by atoms with Gasteiger partial charge >= 0.3 is 0 Å². The minimum atomic E-state index is 0.411. The zero-order valence-corrected chi connectivity index (χ0v) is 10.4. The van der Waals surface area contributed by atoms with Crippen LogP contribution in [0.1, 0.15) is 30.6 Å². The van der Waals surface area contributed by atoms with E-state index in [0.29, 0.717) is 5.38 Å². The van der Waals surface area contributed by atoms with E-state index in [0.717, 1.165) is 19.0 Å². The second-order valence-corrected chi connectivity index (χ2v) is 5.82. The van der Waals surface area contributed by atoms with E-state index in [1.54, 1.807) is 11.3 Å². The maximum Gasteiger partial charge on any atom is 0.0794 e. The van der Waals surface area contributed by atoms with Crippen molar-refractivity contribution >= 4 is 22.9 Å². The van der Waals surface area contributed by atoms with Crippen LogP contribution in [0.5, 0.6) is 0 Å². The van der Waals surface area contributed by atoms with Crippen LogP contribution in [0.3, 0.4) is 0 Å². The second kappa shape index (κ2) is 5.83. The summed E-state index contributed by atoms with van der Waals surface area (Å²) in [5, 5.41) is 3.90. The van der Waals surface area contributed by atoms with Gasteiger partial charge in [-0.15, -0.1) is 22.9 Å². The van der Waals surface area contributed by atoms with Crippen molar-refractivity contribution in [3.63, 3.8) is 0 Å². The highest BCUT2D eigenvalue weighted by Gasteiger charge is 2.19. The maximum atomic E-state index is 6.15. The Hall–Kier alpha value is -0.120. The number of nitrogens with one attached hydrogen (secondary N) is 1. The van der Waals surface area contributed by atoms with Crippen LogP contribution in [0.2, 0.25) is 0 Å². The van der Waals surface area contributed by atoms with Crippen LogP contribution in [0.4, 0.5) is 0 Å². The van der Waals surface area contributed by atoms with Crippen molar-refractivity contribution in [2.75, 3.05) is 6.54 Å². The van der Waals surface area contributed by atoms with Gasteiger partial charge in [-0.05, 0) is 31.7 Å². The first-order chi connectivity index (χ1) is 7.34. The first-order valence-corrected chi connectivity index (χ1v) is 6.88. The van der Waals surface area contributed by atoms with Crippen LogP contribution in [0, 0.1) is 5.92 Å². The molecular weight excluding hydrogens is 228 g/mol.